The molecule has 2 nitrogen and oxygen atoms in total. The quantitative estimate of drug-likeness (QED) is 0.707. The molecule has 3 heteroatoms. The molecule has 1 heterocycles. The molecule has 1 aromatic rings. The Kier molecular flexibility index (Phi) is 2.48. The maximum atomic E-state index is 12.3. The van der Waals surface area contributed by atoms with Crippen molar-refractivity contribution in [1.82, 2.24) is 0 Å². The highest BCUT2D eigenvalue weighted by molar-refractivity contribution is 6.01. The van der Waals surface area contributed by atoms with Crippen LogP contribution in [-0.4, -0.2) is 18.5 Å². The van der Waals surface area contributed by atoms with E-state index in [2.05, 4.69) is 5.16 Å². The van der Waals surface area contributed by atoms with Gasteiger partial charge in [0.05, 0.1) is 5.71 Å². The van der Waals surface area contributed by atoms with Crippen molar-refractivity contribution < 1.29 is 9.23 Å². The van der Waals surface area contributed by atoms with Gasteiger partial charge in [-0.1, -0.05) is 35.0 Å². The second kappa shape index (κ2) is 3.78. The lowest BCUT2D eigenvalue weighted by atomic mass is 10.0. The van der Waals surface area contributed by atoms with Gasteiger partial charge in [-0.05, 0) is 12.5 Å². The molecule has 0 amide bonds. The van der Waals surface area contributed by atoms with Crippen molar-refractivity contribution in [3.8, 4) is 0 Å². The summed E-state index contributed by atoms with van der Waals surface area (Å²) in [5, 5.41) is 3.86. The van der Waals surface area contributed by atoms with Crippen molar-refractivity contribution in [1.29, 1.82) is 0 Å². The van der Waals surface area contributed by atoms with Gasteiger partial charge >= 0.3 is 0 Å². The van der Waals surface area contributed by atoms with Gasteiger partial charge in [0, 0.05) is 6.42 Å². The summed E-state index contributed by atoms with van der Waals surface area (Å²) in [6, 6.07) is 8.00. The van der Waals surface area contributed by atoms with E-state index in [4.69, 9.17) is 4.84 Å². The summed E-state index contributed by atoms with van der Waals surface area (Å²) in [6.45, 7) is 1.56. The molecule has 74 valence electrons. The first-order chi connectivity index (χ1) is 6.79. The van der Waals surface area contributed by atoms with Gasteiger partial charge in [0.15, 0.2) is 6.10 Å². The molecule has 0 saturated heterocycles. The lowest BCUT2D eigenvalue weighted by Crippen LogP contribution is -2.10. The summed E-state index contributed by atoms with van der Waals surface area (Å²) in [6.07, 6.45) is 0.186. The zero-order chi connectivity index (χ0) is 9.97. The molecule has 0 radical (unpaired) electrons. The highest BCUT2D eigenvalue weighted by atomic mass is 19.1. The topological polar surface area (TPSA) is 21.6 Å². The zero-order valence-electron chi connectivity index (χ0n) is 8.03. The Bertz CT molecular complexity index is 345. The Morgan fingerprint density at radius 1 is 1.43 bits per heavy atom. The van der Waals surface area contributed by atoms with E-state index in [9.17, 15) is 4.39 Å². The van der Waals surface area contributed by atoms with E-state index in [0.717, 1.165) is 11.3 Å². The predicted octanol–water partition coefficient (Wildman–Crippen LogP) is 2.46. The second-order valence-electron chi connectivity index (χ2n) is 3.49. The van der Waals surface area contributed by atoms with Crippen LogP contribution in [0.3, 0.4) is 0 Å². The van der Waals surface area contributed by atoms with E-state index in [1.807, 2.05) is 31.2 Å². The number of oxime groups is 1. The molecule has 14 heavy (non-hydrogen) atoms. The van der Waals surface area contributed by atoms with Crippen molar-refractivity contribution >= 4 is 5.71 Å². The van der Waals surface area contributed by atoms with Gasteiger partial charge in [0.2, 0.25) is 0 Å². The third-order valence-electron chi connectivity index (χ3n) is 2.29. The van der Waals surface area contributed by atoms with E-state index in [1.54, 1.807) is 0 Å². The fourth-order valence-corrected chi connectivity index (χ4v) is 1.43. The van der Waals surface area contributed by atoms with Gasteiger partial charge in [0.1, 0.15) is 6.67 Å². The first kappa shape index (κ1) is 9.19. The van der Waals surface area contributed by atoms with Crippen LogP contribution < -0.4 is 0 Å². The molecule has 1 aliphatic rings. The fraction of sp³-hybridized carbons (Fsp3) is 0.364. The number of hydrogen-bond acceptors (Lipinski definition) is 2. The lowest BCUT2D eigenvalue weighted by Gasteiger charge is -2.00. The standard InChI is InChI=1S/C11H12FNO/c1-8-2-4-9(5-3-8)11-6-10(7-12)14-13-11/h2-5,10H,6-7H2,1H3. The number of hydrogen-bond donors (Lipinski definition) is 0. The van der Waals surface area contributed by atoms with E-state index in [0.29, 0.717) is 6.42 Å². The Hall–Kier alpha value is -1.38. The third-order valence-corrected chi connectivity index (χ3v) is 2.29. The Balaban J connectivity index is 2.13. The van der Waals surface area contributed by atoms with Crippen LogP contribution >= 0.6 is 0 Å². The van der Waals surface area contributed by atoms with Crippen LogP contribution in [0.5, 0.6) is 0 Å². The number of benzene rings is 1. The molecule has 0 N–H and O–H groups in total. The summed E-state index contributed by atoms with van der Waals surface area (Å²) in [4.78, 5) is 4.91. The number of nitrogens with zero attached hydrogens (tertiary/aromatic N) is 1. The smallest absolute Gasteiger partial charge is 0.161 e. The minimum absolute atomic E-state index is 0.383. The number of halogens is 1. The van der Waals surface area contributed by atoms with E-state index in [-0.39, 0.29) is 6.10 Å². The normalized spacial score (nSPS) is 20.4. The molecule has 1 aromatic carbocycles. The fourth-order valence-electron chi connectivity index (χ4n) is 1.43. The molecule has 1 unspecified atom stereocenters. The first-order valence-corrected chi connectivity index (χ1v) is 4.65. The van der Waals surface area contributed by atoms with Gasteiger partial charge in [0.25, 0.3) is 0 Å². The van der Waals surface area contributed by atoms with Gasteiger partial charge < -0.3 is 4.84 Å². The van der Waals surface area contributed by atoms with Crippen molar-refractivity contribution in [2.45, 2.75) is 19.4 Å². The van der Waals surface area contributed by atoms with Crippen LogP contribution in [0.25, 0.3) is 0 Å². The van der Waals surface area contributed by atoms with Crippen LogP contribution in [0.1, 0.15) is 17.5 Å². The van der Waals surface area contributed by atoms with Crippen LogP contribution in [-0.2, 0) is 4.84 Å². The number of rotatable bonds is 2. The molecule has 0 bridgehead atoms. The molecule has 0 fully saturated rings. The molecule has 0 saturated carbocycles. The summed E-state index contributed by atoms with van der Waals surface area (Å²) in [7, 11) is 0. The van der Waals surface area contributed by atoms with E-state index in [1.165, 1.54) is 5.56 Å². The number of alkyl halides is 1. The van der Waals surface area contributed by atoms with Crippen molar-refractivity contribution in [3.63, 3.8) is 0 Å². The molecule has 0 aliphatic carbocycles. The van der Waals surface area contributed by atoms with Crippen molar-refractivity contribution in [2.75, 3.05) is 6.67 Å². The van der Waals surface area contributed by atoms with E-state index >= 15 is 0 Å². The third kappa shape index (κ3) is 1.76. The molecule has 0 aromatic heterocycles. The van der Waals surface area contributed by atoms with Crippen molar-refractivity contribution in [3.05, 3.63) is 35.4 Å². The molecule has 1 atom stereocenters. The van der Waals surface area contributed by atoms with Crippen LogP contribution in [0.2, 0.25) is 0 Å². The average Bonchev–Trinajstić information content (AvgIpc) is 2.67. The minimum Gasteiger partial charge on any atom is -0.389 e. The Labute approximate surface area is 82.4 Å². The summed E-state index contributed by atoms with van der Waals surface area (Å²) >= 11 is 0. The highest BCUT2D eigenvalue weighted by Gasteiger charge is 2.21. The molecule has 1 aliphatic heterocycles. The van der Waals surface area contributed by atoms with Gasteiger partial charge in [-0.15, -0.1) is 0 Å². The molecular formula is C11H12FNO. The second-order valence-corrected chi connectivity index (χ2v) is 3.49. The largest absolute Gasteiger partial charge is 0.389 e. The van der Waals surface area contributed by atoms with Crippen LogP contribution in [0, 0.1) is 6.92 Å². The van der Waals surface area contributed by atoms with Gasteiger partial charge in [-0.2, -0.15) is 0 Å². The lowest BCUT2D eigenvalue weighted by molar-refractivity contribution is 0.0656. The summed E-state index contributed by atoms with van der Waals surface area (Å²) < 4.78 is 12.3. The summed E-state index contributed by atoms with van der Waals surface area (Å²) in [5.74, 6) is 0. The first-order valence-electron chi connectivity index (χ1n) is 4.65. The monoisotopic (exact) mass is 193 g/mol. The van der Waals surface area contributed by atoms with E-state index < -0.39 is 6.67 Å². The maximum Gasteiger partial charge on any atom is 0.161 e. The zero-order valence-corrected chi connectivity index (χ0v) is 8.03. The molecule has 0 spiro atoms. The SMILES string of the molecule is Cc1ccc(C2=NOC(CF)C2)cc1. The number of aryl methyl sites for hydroxylation is 1. The van der Waals surface area contributed by atoms with Crippen LogP contribution in [0.4, 0.5) is 4.39 Å². The molecule has 2 rings (SSSR count). The van der Waals surface area contributed by atoms with Gasteiger partial charge in [-0.25, -0.2) is 4.39 Å². The Morgan fingerprint density at radius 3 is 2.71 bits per heavy atom. The molecular weight excluding hydrogens is 181 g/mol. The van der Waals surface area contributed by atoms with Gasteiger partial charge in [-0.3, -0.25) is 0 Å². The Morgan fingerprint density at radius 2 is 2.14 bits per heavy atom. The predicted molar refractivity (Wildman–Crippen MR) is 53.2 cm³/mol. The summed E-state index contributed by atoms with van der Waals surface area (Å²) in [5.41, 5.74) is 3.06. The van der Waals surface area contributed by atoms with Crippen molar-refractivity contribution in [2.24, 2.45) is 5.16 Å². The maximum absolute atomic E-state index is 12.3. The van der Waals surface area contributed by atoms with Crippen LogP contribution in [0.15, 0.2) is 29.4 Å². The minimum atomic E-state index is -0.473. The average molecular weight is 193 g/mol. The highest BCUT2D eigenvalue weighted by Crippen LogP contribution is 2.17.